The van der Waals surface area contributed by atoms with Crippen LogP contribution in [0.15, 0.2) is 41.8 Å². The van der Waals surface area contributed by atoms with Crippen LogP contribution in [-0.4, -0.2) is 21.8 Å². The van der Waals surface area contributed by atoms with Crippen molar-refractivity contribution in [2.75, 3.05) is 0 Å². The maximum Gasteiger partial charge on any atom is 0.337 e. The van der Waals surface area contributed by atoms with Crippen LogP contribution in [0.4, 0.5) is 8.78 Å². The van der Waals surface area contributed by atoms with Gasteiger partial charge >= 0.3 is 5.97 Å². The Hall–Kier alpha value is -2.68. The average molecular weight is 450 g/mol. The molecule has 0 aliphatic carbocycles. The lowest BCUT2D eigenvalue weighted by Crippen LogP contribution is -2.07. The Labute approximate surface area is 176 Å². The number of carboxylic acid groups (broad SMARTS) is 1. The SMILES string of the molecule is O=C(Cc1scc(-c2ccc(Cl)c(F)c2F)c1C(=O)O)c1nc2ccccc2s1. The molecule has 4 rings (SSSR count). The number of hydrogen-bond donors (Lipinski definition) is 1. The number of carbonyl (C=O) groups excluding carboxylic acids is 1. The van der Waals surface area contributed by atoms with E-state index in [0.29, 0.717) is 5.52 Å². The summed E-state index contributed by atoms with van der Waals surface area (Å²) in [7, 11) is 0. The van der Waals surface area contributed by atoms with Crippen molar-refractivity contribution in [2.45, 2.75) is 6.42 Å². The van der Waals surface area contributed by atoms with Crippen molar-refractivity contribution in [1.82, 2.24) is 4.98 Å². The fourth-order valence-corrected chi connectivity index (χ4v) is 4.99. The van der Waals surface area contributed by atoms with Crippen LogP contribution in [0.2, 0.25) is 5.02 Å². The molecule has 2 heterocycles. The summed E-state index contributed by atoms with van der Waals surface area (Å²) in [6.45, 7) is 0. The third-order valence-corrected chi connectivity index (χ3v) is 6.62. The summed E-state index contributed by atoms with van der Waals surface area (Å²) >= 11 is 7.79. The summed E-state index contributed by atoms with van der Waals surface area (Å²) in [6.07, 6.45) is -0.205. The van der Waals surface area contributed by atoms with E-state index in [1.165, 1.54) is 22.8 Å². The summed E-state index contributed by atoms with van der Waals surface area (Å²) in [5, 5.41) is 10.9. The second-order valence-corrected chi connectivity index (χ2v) is 8.46. The first-order chi connectivity index (χ1) is 13.9. The summed E-state index contributed by atoms with van der Waals surface area (Å²) < 4.78 is 29.0. The molecule has 9 heteroatoms. The highest BCUT2D eigenvalue weighted by Gasteiger charge is 2.25. The number of carbonyl (C=O) groups is 2. The quantitative estimate of drug-likeness (QED) is 0.296. The molecule has 146 valence electrons. The standard InChI is InChI=1S/C20H10ClF2NO3S2/c21-11-6-5-9(17(22)18(11)23)10-8-28-15(16(10)20(26)27)7-13(25)19-24-12-3-1-2-4-14(12)29-19/h1-6,8H,7H2,(H,26,27). The van der Waals surface area contributed by atoms with Gasteiger partial charge in [-0.15, -0.1) is 22.7 Å². The van der Waals surface area contributed by atoms with E-state index in [-0.39, 0.29) is 38.8 Å². The van der Waals surface area contributed by atoms with Crippen molar-refractivity contribution >= 4 is 56.2 Å². The van der Waals surface area contributed by atoms with Crippen molar-refractivity contribution in [3.63, 3.8) is 0 Å². The molecule has 29 heavy (non-hydrogen) atoms. The number of carboxylic acids is 1. The molecule has 0 unspecified atom stereocenters. The van der Waals surface area contributed by atoms with Gasteiger partial charge < -0.3 is 5.11 Å². The fourth-order valence-electron chi connectivity index (χ4n) is 2.91. The molecule has 0 fully saturated rings. The van der Waals surface area contributed by atoms with E-state index in [1.54, 1.807) is 6.07 Å². The van der Waals surface area contributed by atoms with Crippen molar-refractivity contribution in [3.8, 4) is 11.1 Å². The molecule has 0 aliphatic heterocycles. The molecule has 0 saturated carbocycles. The normalized spacial score (nSPS) is 11.1. The summed E-state index contributed by atoms with van der Waals surface area (Å²) in [5.74, 6) is -4.16. The molecular formula is C20H10ClF2NO3S2. The van der Waals surface area contributed by atoms with Gasteiger partial charge in [0.2, 0.25) is 0 Å². The summed E-state index contributed by atoms with van der Waals surface area (Å²) in [4.78, 5) is 29.0. The number of aromatic carboxylic acids is 1. The second-order valence-electron chi connectivity index (χ2n) is 6.06. The fraction of sp³-hybridized carbons (Fsp3) is 0.0500. The van der Waals surface area contributed by atoms with E-state index in [1.807, 2.05) is 18.2 Å². The number of para-hydroxylation sites is 1. The number of nitrogens with zero attached hydrogens (tertiary/aromatic N) is 1. The minimum Gasteiger partial charge on any atom is -0.478 e. The predicted octanol–water partition coefficient (Wildman–Crippen LogP) is 6.08. The number of hydrogen-bond acceptors (Lipinski definition) is 5. The summed E-state index contributed by atoms with van der Waals surface area (Å²) in [5.41, 5.74) is 0.233. The van der Waals surface area contributed by atoms with Gasteiger partial charge in [-0.1, -0.05) is 23.7 Å². The van der Waals surface area contributed by atoms with Gasteiger partial charge in [-0.3, -0.25) is 4.79 Å². The predicted molar refractivity (Wildman–Crippen MR) is 109 cm³/mol. The van der Waals surface area contributed by atoms with Crippen LogP contribution in [0.25, 0.3) is 21.3 Å². The minimum atomic E-state index is -1.33. The van der Waals surface area contributed by atoms with Crippen LogP contribution >= 0.6 is 34.3 Å². The Bertz CT molecular complexity index is 1250. The van der Waals surface area contributed by atoms with Gasteiger partial charge in [0.1, 0.15) is 0 Å². The van der Waals surface area contributed by atoms with Gasteiger partial charge in [0.25, 0.3) is 0 Å². The molecule has 0 radical (unpaired) electrons. The summed E-state index contributed by atoms with van der Waals surface area (Å²) in [6, 6.07) is 9.64. The smallest absolute Gasteiger partial charge is 0.337 e. The molecule has 0 saturated heterocycles. The van der Waals surface area contributed by atoms with E-state index in [0.717, 1.165) is 22.1 Å². The highest BCUT2D eigenvalue weighted by atomic mass is 35.5. The van der Waals surface area contributed by atoms with E-state index in [4.69, 9.17) is 11.6 Å². The third-order valence-electron chi connectivity index (χ3n) is 4.26. The van der Waals surface area contributed by atoms with Crippen molar-refractivity contribution < 1.29 is 23.5 Å². The third kappa shape index (κ3) is 3.55. The molecule has 1 N–H and O–H groups in total. The van der Waals surface area contributed by atoms with Crippen LogP contribution in [0.1, 0.15) is 25.0 Å². The number of benzene rings is 2. The number of thiazole rings is 1. The second kappa shape index (κ2) is 7.62. The van der Waals surface area contributed by atoms with Gasteiger partial charge in [-0.25, -0.2) is 18.6 Å². The lowest BCUT2D eigenvalue weighted by molar-refractivity contribution is 0.0697. The zero-order valence-electron chi connectivity index (χ0n) is 14.4. The topological polar surface area (TPSA) is 67.3 Å². The molecule has 2 aromatic carbocycles. The van der Waals surface area contributed by atoms with Gasteiger partial charge in [-0.2, -0.15) is 0 Å². The number of thiophene rings is 1. The van der Waals surface area contributed by atoms with E-state index < -0.39 is 22.6 Å². The number of halogens is 3. The number of ketones is 1. The molecule has 0 atom stereocenters. The maximum absolute atomic E-state index is 14.3. The Morgan fingerprint density at radius 3 is 2.55 bits per heavy atom. The Kier molecular flexibility index (Phi) is 5.16. The Balaban J connectivity index is 1.73. The van der Waals surface area contributed by atoms with Gasteiger partial charge in [0, 0.05) is 22.4 Å². The number of Topliss-reactive ketones (excluding diaryl/α,β-unsaturated/α-hetero) is 1. The maximum atomic E-state index is 14.3. The first-order valence-corrected chi connectivity index (χ1v) is 10.3. The van der Waals surface area contributed by atoms with Crippen LogP contribution in [0.3, 0.4) is 0 Å². The molecule has 4 aromatic rings. The first kappa shape index (κ1) is 19.6. The highest BCUT2D eigenvalue weighted by Crippen LogP contribution is 2.36. The van der Waals surface area contributed by atoms with Gasteiger partial charge in [0.05, 0.1) is 20.8 Å². The Morgan fingerprint density at radius 1 is 1.07 bits per heavy atom. The minimum absolute atomic E-state index is 0.00247. The van der Waals surface area contributed by atoms with Crippen LogP contribution < -0.4 is 0 Å². The average Bonchev–Trinajstić information content (AvgIpc) is 3.30. The van der Waals surface area contributed by atoms with Crippen LogP contribution in [0, 0.1) is 11.6 Å². The molecule has 0 amide bonds. The van der Waals surface area contributed by atoms with Crippen LogP contribution in [-0.2, 0) is 6.42 Å². The van der Waals surface area contributed by atoms with E-state index in [2.05, 4.69) is 4.98 Å². The molecule has 4 nitrogen and oxygen atoms in total. The van der Waals surface area contributed by atoms with Gasteiger partial charge in [0.15, 0.2) is 22.4 Å². The Morgan fingerprint density at radius 2 is 1.83 bits per heavy atom. The van der Waals surface area contributed by atoms with Crippen molar-refractivity contribution in [3.05, 3.63) is 73.9 Å². The van der Waals surface area contributed by atoms with Crippen molar-refractivity contribution in [2.24, 2.45) is 0 Å². The zero-order chi connectivity index (χ0) is 20.7. The monoisotopic (exact) mass is 449 g/mol. The van der Waals surface area contributed by atoms with Crippen molar-refractivity contribution in [1.29, 1.82) is 0 Å². The molecule has 0 bridgehead atoms. The lowest BCUT2D eigenvalue weighted by Gasteiger charge is -2.06. The largest absolute Gasteiger partial charge is 0.478 e. The first-order valence-electron chi connectivity index (χ1n) is 8.23. The number of rotatable bonds is 5. The van der Waals surface area contributed by atoms with E-state index in [9.17, 15) is 23.5 Å². The number of fused-ring (bicyclic) bond motifs is 1. The number of aromatic nitrogens is 1. The molecular weight excluding hydrogens is 440 g/mol. The zero-order valence-corrected chi connectivity index (χ0v) is 16.8. The molecule has 0 spiro atoms. The van der Waals surface area contributed by atoms with Crippen LogP contribution in [0.5, 0.6) is 0 Å². The van der Waals surface area contributed by atoms with E-state index >= 15 is 0 Å². The highest BCUT2D eigenvalue weighted by molar-refractivity contribution is 7.20. The lowest BCUT2D eigenvalue weighted by atomic mass is 10.0. The molecule has 2 aromatic heterocycles. The van der Waals surface area contributed by atoms with Gasteiger partial charge in [-0.05, 0) is 29.6 Å². The molecule has 0 aliphatic rings.